The van der Waals surface area contributed by atoms with Crippen LogP contribution in [0.3, 0.4) is 0 Å². The topological polar surface area (TPSA) is 120 Å². The summed E-state index contributed by atoms with van der Waals surface area (Å²) >= 11 is 0. The lowest BCUT2D eigenvalue weighted by Crippen LogP contribution is -2.27. The lowest BCUT2D eigenvalue weighted by atomic mass is 10.1. The molecule has 0 atom stereocenters. The zero-order valence-corrected chi connectivity index (χ0v) is 18.7. The predicted molar refractivity (Wildman–Crippen MR) is 126 cm³/mol. The van der Waals surface area contributed by atoms with E-state index in [1.807, 2.05) is 12.1 Å². The van der Waals surface area contributed by atoms with Gasteiger partial charge in [0.15, 0.2) is 17.3 Å². The number of methoxy groups -OCH3 is 3. The Hall–Kier alpha value is -4.34. The van der Waals surface area contributed by atoms with E-state index >= 15 is 0 Å². The first kappa shape index (κ1) is 23.3. The van der Waals surface area contributed by atoms with Crippen LogP contribution in [0.4, 0.5) is 17.3 Å². The Balaban J connectivity index is 1.44. The van der Waals surface area contributed by atoms with E-state index in [4.69, 9.17) is 14.2 Å². The average Bonchev–Trinajstić information content (AvgIpc) is 2.86. The molecule has 10 heteroatoms. The van der Waals surface area contributed by atoms with Gasteiger partial charge >= 0.3 is 0 Å². The number of pyridine rings is 1. The third-order valence-electron chi connectivity index (χ3n) is 4.44. The summed E-state index contributed by atoms with van der Waals surface area (Å²) in [5.74, 6) is 2.52. The summed E-state index contributed by atoms with van der Waals surface area (Å²) in [7, 11) is 4.62. The molecular weight excluding hydrogens is 424 g/mol. The van der Waals surface area contributed by atoms with E-state index in [0.717, 1.165) is 11.3 Å². The molecule has 0 spiro atoms. The molecule has 0 saturated carbocycles. The van der Waals surface area contributed by atoms with Crippen molar-refractivity contribution in [3.8, 4) is 17.2 Å². The number of benzene rings is 1. The van der Waals surface area contributed by atoms with E-state index in [2.05, 4.69) is 31.1 Å². The summed E-state index contributed by atoms with van der Waals surface area (Å²) in [6.45, 7) is 0.906. The van der Waals surface area contributed by atoms with Gasteiger partial charge in [-0.05, 0) is 48.0 Å². The molecule has 0 unspecified atom stereocenters. The standard InChI is InChI=1S/C23H26N6O4/c1-31-18-13-16(14-19(32-2)23(18)33-3)6-9-22(30)26-12-11-25-20-7-8-21(29-28-20)27-17-5-4-10-24-15-17/h4-10,13-15H,11-12H2,1-3H3,(H,25,28)(H,26,30)(H,27,29)/b9-6+. The van der Waals surface area contributed by atoms with Crippen LogP contribution in [-0.4, -0.2) is 55.5 Å². The summed E-state index contributed by atoms with van der Waals surface area (Å²) in [6, 6.07) is 10.9. The molecule has 0 aliphatic heterocycles. The van der Waals surface area contributed by atoms with Crippen LogP contribution in [0.5, 0.6) is 17.2 Å². The Morgan fingerprint density at radius 2 is 1.70 bits per heavy atom. The predicted octanol–water partition coefficient (Wildman–Crippen LogP) is 2.88. The Kier molecular flexibility index (Phi) is 8.41. The summed E-state index contributed by atoms with van der Waals surface area (Å²) in [4.78, 5) is 16.2. The minimum absolute atomic E-state index is 0.229. The Morgan fingerprint density at radius 3 is 2.30 bits per heavy atom. The maximum atomic E-state index is 12.1. The maximum absolute atomic E-state index is 12.1. The molecule has 0 fully saturated rings. The molecule has 1 amide bonds. The second-order valence-corrected chi connectivity index (χ2v) is 6.68. The van der Waals surface area contributed by atoms with Gasteiger partial charge in [-0.15, -0.1) is 10.2 Å². The Morgan fingerprint density at radius 1 is 0.970 bits per heavy atom. The quantitative estimate of drug-likeness (QED) is 0.299. The number of rotatable bonds is 11. The van der Waals surface area contributed by atoms with Gasteiger partial charge in [-0.25, -0.2) is 0 Å². The second kappa shape index (κ2) is 11.9. The van der Waals surface area contributed by atoms with Crippen LogP contribution < -0.4 is 30.2 Å². The van der Waals surface area contributed by atoms with Gasteiger partial charge in [0.25, 0.3) is 0 Å². The number of nitrogens with zero attached hydrogens (tertiary/aromatic N) is 3. The molecule has 0 radical (unpaired) electrons. The number of amides is 1. The van der Waals surface area contributed by atoms with Crippen molar-refractivity contribution in [1.82, 2.24) is 20.5 Å². The highest BCUT2D eigenvalue weighted by Crippen LogP contribution is 2.38. The normalized spacial score (nSPS) is 10.5. The number of nitrogens with one attached hydrogen (secondary N) is 3. The molecule has 3 N–H and O–H groups in total. The van der Waals surface area contributed by atoms with Crippen molar-refractivity contribution < 1.29 is 19.0 Å². The number of carbonyl (C=O) groups excluding carboxylic acids is 1. The van der Waals surface area contributed by atoms with Crippen LogP contribution in [0.1, 0.15) is 5.56 Å². The molecular formula is C23H26N6O4. The van der Waals surface area contributed by atoms with E-state index in [0.29, 0.717) is 42.0 Å². The number of anilines is 3. The fourth-order valence-electron chi connectivity index (χ4n) is 2.88. The van der Waals surface area contributed by atoms with Crippen LogP contribution in [0.2, 0.25) is 0 Å². The molecule has 2 aromatic heterocycles. The molecule has 0 aliphatic rings. The zero-order valence-electron chi connectivity index (χ0n) is 18.7. The molecule has 0 aliphatic carbocycles. The number of ether oxygens (including phenoxy) is 3. The molecule has 0 saturated heterocycles. The summed E-state index contributed by atoms with van der Waals surface area (Å²) < 4.78 is 15.9. The van der Waals surface area contributed by atoms with Crippen molar-refractivity contribution in [3.05, 3.63) is 60.4 Å². The van der Waals surface area contributed by atoms with Gasteiger partial charge in [-0.3, -0.25) is 9.78 Å². The van der Waals surface area contributed by atoms with Crippen molar-refractivity contribution in [2.24, 2.45) is 0 Å². The van der Waals surface area contributed by atoms with Gasteiger partial charge in [0, 0.05) is 25.4 Å². The van der Waals surface area contributed by atoms with E-state index in [1.54, 1.807) is 57.0 Å². The first-order valence-corrected chi connectivity index (χ1v) is 10.1. The first-order valence-electron chi connectivity index (χ1n) is 10.1. The van der Waals surface area contributed by atoms with Crippen LogP contribution in [0.25, 0.3) is 6.08 Å². The summed E-state index contributed by atoms with van der Waals surface area (Å²) in [6.07, 6.45) is 6.52. The lowest BCUT2D eigenvalue weighted by molar-refractivity contribution is -0.116. The highest BCUT2D eigenvalue weighted by molar-refractivity contribution is 5.91. The van der Waals surface area contributed by atoms with Gasteiger partial charge in [0.05, 0.1) is 33.2 Å². The van der Waals surface area contributed by atoms with E-state index < -0.39 is 0 Å². The third kappa shape index (κ3) is 6.82. The molecule has 3 aromatic rings. The molecule has 0 bridgehead atoms. The van der Waals surface area contributed by atoms with Gasteiger partial charge in [0.1, 0.15) is 5.82 Å². The molecule has 3 rings (SSSR count). The molecule has 2 heterocycles. The maximum Gasteiger partial charge on any atom is 0.244 e. The van der Waals surface area contributed by atoms with Crippen LogP contribution >= 0.6 is 0 Å². The smallest absolute Gasteiger partial charge is 0.244 e. The summed E-state index contributed by atoms with van der Waals surface area (Å²) in [5, 5.41) is 17.2. The monoisotopic (exact) mass is 450 g/mol. The van der Waals surface area contributed by atoms with Crippen LogP contribution in [0, 0.1) is 0 Å². The van der Waals surface area contributed by atoms with E-state index in [9.17, 15) is 4.79 Å². The SMILES string of the molecule is COc1cc(/C=C/C(=O)NCCNc2ccc(Nc3cccnc3)nn2)cc(OC)c1OC. The lowest BCUT2D eigenvalue weighted by Gasteiger charge is -2.12. The Bertz CT molecular complexity index is 1050. The van der Waals surface area contributed by atoms with Gasteiger partial charge < -0.3 is 30.2 Å². The molecule has 33 heavy (non-hydrogen) atoms. The fraction of sp³-hybridized carbons (Fsp3) is 0.217. The van der Waals surface area contributed by atoms with E-state index in [-0.39, 0.29) is 5.91 Å². The minimum Gasteiger partial charge on any atom is -0.493 e. The number of hydrogen-bond acceptors (Lipinski definition) is 9. The van der Waals surface area contributed by atoms with Crippen LogP contribution in [0.15, 0.2) is 54.9 Å². The molecule has 172 valence electrons. The molecule has 1 aromatic carbocycles. The van der Waals surface area contributed by atoms with E-state index in [1.165, 1.54) is 13.2 Å². The van der Waals surface area contributed by atoms with Crippen molar-refractivity contribution in [3.63, 3.8) is 0 Å². The number of carbonyl (C=O) groups is 1. The van der Waals surface area contributed by atoms with Gasteiger partial charge in [-0.2, -0.15) is 0 Å². The third-order valence-corrected chi connectivity index (χ3v) is 4.44. The van der Waals surface area contributed by atoms with Crippen molar-refractivity contribution >= 4 is 29.3 Å². The number of aromatic nitrogens is 3. The first-order chi connectivity index (χ1) is 16.1. The molecule has 10 nitrogen and oxygen atoms in total. The van der Waals surface area contributed by atoms with Crippen molar-refractivity contribution in [1.29, 1.82) is 0 Å². The highest BCUT2D eigenvalue weighted by atomic mass is 16.5. The van der Waals surface area contributed by atoms with Gasteiger partial charge in [-0.1, -0.05) is 0 Å². The van der Waals surface area contributed by atoms with Crippen molar-refractivity contribution in [2.45, 2.75) is 0 Å². The van der Waals surface area contributed by atoms with Gasteiger partial charge in [0.2, 0.25) is 11.7 Å². The minimum atomic E-state index is -0.229. The fourth-order valence-corrected chi connectivity index (χ4v) is 2.88. The average molecular weight is 450 g/mol. The number of hydrogen-bond donors (Lipinski definition) is 3. The van der Waals surface area contributed by atoms with Crippen LogP contribution in [-0.2, 0) is 4.79 Å². The highest BCUT2D eigenvalue weighted by Gasteiger charge is 2.12. The largest absolute Gasteiger partial charge is 0.493 e. The summed E-state index contributed by atoms with van der Waals surface area (Å²) in [5.41, 5.74) is 1.57. The second-order valence-electron chi connectivity index (χ2n) is 6.68. The Labute approximate surface area is 192 Å². The van der Waals surface area contributed by atoms with Crippen molar-refractivity contribution in [2.75, 3.05) is 45.1 Å². The zero-order chi connectivity index (χ0) is 23.5.